The van der Waals surface area contributed by atoms with E-state index in [9.17, 15) is 4.79 Å². The van der Waals surface area contributed by atoms with Crippen LogP contribution in [0.25, 0.3) is 11.1 Å². The summed E-state index contributed by atoms with van der Waals surface area (Å²) in [5, 5.41) is 0. The third-order valence-corrected chi connectivity index (χ3v) is 9.46. The Bertz CT molecular complexity index is 1480. The second-order valence-corrected chi connectivity index (χ2v) is 12.1. The molecule has 0 N–H and O–H groups in total. The summed E-state index contributed by atoms with van der Waals surface area (Å²) < 4.78 is 30.9. The highest BCUT2D eigenvalue weighted by molar-refractivity contribution is 7.99. The van der Waals surface area contributed by atoms with Gasteiger partial charge in [-0.15, -0.1) is 0 Å². The molecule has 4 aromatic rings. The van der Waals surface area contributed by atoms with E-state index in [-0.39, 0.29) is 30.7 Å². The highest BCUT2D eigenvalue weighted by atomic mass is 32.2. The van der Waals surface area contributed by atoms with Gasteiger partial charge in [0.25, 0.3) is 0 Å². The van der Waals surface area contributed by atoms with Crippen molar-refractivity contribution in [1.29, 1.82) is 0 Å². The Morgan fingerprint density at radius 1 is 0.810 bits per heavy atom. The van der Waals surface area contributed by atoms with E-state index in [2.05, 4.69) is 24.3 Å². The van der Waals surface area contributed by atoms with Gasteiger partial charge in [0.2, 0.25) is 0 Å². The van der Waals surface area contributed by atoms with Crippen molar-refractivity contribution in [2.45, 2.75) is 47.8 Å². The first-order valence-corrected chi connectivity index (χ1v) is 15.2. The second kappa shape index (κ2) is 11.9. The Morgan fingerprint density at radius 3 is 2.12 bits per heavy atom. The molecule has 7 rings (SSSR count). The fourth-order valence-electron chi connectivity index (χ4n) is 6.22. The molecule has 0 saturated carbocycles. The van der Waals surface area contributed by atoms with Crippen LogP contribution in [0.2, 0.25) is 0 Å². The zero-order valence-electron chi connectivity index (χ0n) is 23.2. The summed E-state index contributed by atoms with van der Waals surface area (Å²) in [5.41, 5.74) is 5.16. The summed E-state index contributed by atoms with van der Waals surface area (Å²) in [4.78, 5) is 14.3. The molecule has 2 heterocycles. The lowest BCUT2D eigenvalue weighted by Crippen LogP contribution is -2.58. The van der Waals surface area contributed by atoms with Crippen LogP contribution in [-0.4, -0.2) is 43.1 Å². The summed E-state index contributed by atoms with van der Waals surface area (Å²) in [7, 11) is 0. The number of ether oxygens (including phenoxy) is 5. The summed E-state index contributed by atoms with van der Waals surface area (Å²) in [6.07, 6.45) is -2.42. The minimum absolute atomic E-state index is 0.0469. The van der Waals surface area contributed by atoms with E-state index in [1.54, 1.807) is 0 Å². The van der Waals surface area contributed by atoms with Crippen LogP contribution in [0.15, 0.2) is 114 Å². The minimum Gasteiger partial charge on any atom is -0.433 e. The van der Waals surface area contributed by atoms with Crippen molar-refractivity contribution in [3.63, 3.8) is 0 Å². The minimum atomic E-state index is -0.707. The van der Waals surface area contributed by atoms with E-state index < -0.39 is 24.0 Å². The van der Waals surface area contributed by atoms with E-state index >= 15 is 0 Å². The van der Waals surface area contributed by atoms with E-state index in [4.69, 9.17) is 23.7 Å². The van der Waals surface area contributed by atoms with Gasteiger partial charge in [0.05, 0.1) is 12.7 Å². The largest absolute Gasteiger partial charge is 0.508 e. The lowest BCUT2D eigenvalue weighted by Gasteiger charge is -2.48. The monoisotopic (exact) mass is 580 g/mol. The Hall–Kier alpha value is -3.62. The zero-order valence-corrected chi connectivity index (χ0v) is 24.0. The van der Waals surface area contributed by atoms with Crippen LogP contribution in [-0.2, 0) is 23.7 Å². The molecule has 42 heavy (non-hydrogen) atoms. The molecule has 6 nitrogen and oxygen atoms in total. The topological polar surface area (TPSA) is 63.2 Å². The molecule has 2 fully saturated rings. The lowest BCUT2D eigenvalue weighted by molar-refractivity contribution is -0.307. The Balaban J connectivity index is 1.08. The summed E-state index contributed by atoms with van der Waals surface area (Å²) in [6, 6.07) is 36.4. The first-order valence-electron chi connectivity index (χ1n) is 14.4. The van der Waals surface area contributed by atoms with Crippen molar-refractivity contribution < 1.29 is 28.5 Å². The molecule has 3 aliphatic rings. The molecule has 0 radical (unpaired) electrons. The first kappa shape index (κ1) is 27.2. The standard InChI is InChI=1S/C35H32O6S/c1-22-31-30(21-37-33(40-31)23-12-4-2-5-13-23)39-34(42-24-14-6-3-7-15-24)32(22)41-35(36)38-20-29-27-18-10-8-16-25(27)26-17-9-11-19-28(26)29/h2-19,22,29-34H,20-21H2,1H3/t22-,30?,31-,32?,33?,34+/m0/s1. The van der Waals surface area contributed by atoms with E-state index in [1.165, 1.54) is 22.9 Å². The van der Waals surface area contributed by atoms with Crippen molar-refractivity contribution in [2.75, 3.05) is 13.2 Å². The lowest BCUT2D eigenvalue weighted by atomic mass is 9.90. The summed E-state index contributed by atoms with van der Waals surface area (Å²) in [6.45, 7) is 2.63. The van der Waals surface area contributed by atoms with Gasteiger partial charge in [0.15, 0.2) is 6.29 Å². The molecule has 0 aromatic heterocycles. The van der Waals surface area contributed by atoms with Crippen molar-refractivity contribution in [1.82, 2.24) is 0 Å². The van der Waals surface area contributed by atoms with Gasteiger partial charge in [-0.25, -0.2) is 4.79 Å². The van der Waals surface area contributed by atoms with Crippen LogP contribution in [0, 0.1) is 5.92 Å². The van der Waals surface area contributed by atoms with Crippen LogP contribution < -0.4 is 0 Å². The molecule has 0 amide bonds. The number of hydrogen-bond donors (Lipinski definition) is 0. The number of hydrogen-bond acceptors (Lipinski definition) is 7. The molecule has 4 aromatic carbocycles. The highest BCUT2D eigenvalue weighted by Crippen LogP contribution is 2.45. The summed E-state index contributed by atoms with van der Waals surface area (Å²) in [5.74, 6) is -0.213. The normalized spacial score (nSPS) is 26.5. The van der Waals surface area contributed by atoms with E-state index in [1.807, 2.05) is 91.9 Å². The number of benzene rings is 4. The predicted molar refractivity (Wildman–Crippen MR) is 160 cm³/mol. The van der Waals surface area contributed by atoms with Gasteiger partial charge in [0.1, 0.15) is 24.3 Å². The highest BCUT2D eigenvalue weighted by Gasteiger charge is 2.50. The zero-order chi connectivity index (χ0) is 28.5. The van der Waals surface area contributed by atoms with Crippen LogP contribution in [0.3, 0.4) is 0 Å². The van der Waals surface area contributed by atoms with Gasteiger partial charge < -0.3 is 23.7 Å². The number of rotatable bonds is 6. The SMILES string of the molecule is C[C@@H]1C(OC(=O)OCC2c3ccccc3-c3ccccc32)[C@@H](Sc2ccccc2)OC2COC(c3ccccc3)O[C@H]21. The predicted octanol–water partition coefficient (Wildman–Crippen LogP) is 7.59. The number of carbonyl (C=O) groups is 1. The van der Waals surface area contributed by atoms with Gasteiger partial charge in [-0.1, -0.05) is 116 Å². The average molecular weight is 581 g/mol. The van der Waals surface area contributed by atoms with Gasteiger partial charge >= 0.3 is 6.16 Å². The van der Waals surface area contributed by atoms with E-state index in [0.717, 1.165) is 21.6 Å². The fraction of sp³-hybridized carbons (Fsp3) is 0.286. The Morgan fingerprint density at radius 2 is 1.43 bits per heavy atom. The molecule has 0 spiro atoms. The molecule has 3 unspecified atom stereocenters. The maximum absolute atomic E-state index is 13.3. The van der Waals surface area contributed by atoms with Gasteiger partial charge in [-0.2, -0.15) is 0 Å². The van der Waals surface area contributed by atoms with Crippen molar-refractivity contribution in [3.8, 4) is 11.1 Å². The molecule has 214 valence electrons. The molecule has 2 aliphatic heterocycles. The molecule has 6 atom stereocenters. The smallest absolute Gasteiger partial charge is 0.433 e. The van der Waals surface area contributed by atoms with Gasteiger partial charge in [0, 0.05) is 22.3 Å². The number of carbonyl (C=O) groups excluding carboxylic acids is 1. The van der Waals surface area contributed by atoms with Gasteiger partial charge in [-0.3, -0.25) is 0 Å². The van der Waals surface area contributed by atoms with Crippen LogP contribution in [0.5, 0.6) is 0 Å². The number of thioether (sulfide) groups is 1. The van der Waals surface area contributed by atoms with E-state index in [0.29, 0.717) is 6.61 Å². The molecular weight excluding hydrogens is 548 g/mol. The van der Waals surface area contributed by atoms with Crippen LogP contribution in [0.1, 0.15) is 35.8 Å². The molecule has 1 aliphatic carbocycles. The van der Waals surface area contributed by atoms with Crippen molar-refractivity contribution in [2.24, 2.45) is 5.92 Å². The molecule has 2 saturated heterocycles. The average Bonchev–Trinajstić information content (AvgIpc) is 3.36. The van der Waals surface area contributed by atoms with Gasteiger partial charge in [-0.05, 0) is 34.4 Å². The quantitative estimate of drug-likeness (QED) is 0.218. The molecule has 7 heteroatoms. The third-order valence-electron chi connectivity index (χ3n) is 8.30. The fourth-order valence-corrected chi connectivity index (χ4v) is 7.44. The molecular formula is C35H32O6S. The Labute approximate surface area is 249 Å². The summed E-state index contributed by atoms with van der Waals surface area (Å²) >= 11 is 1.53. The first-order chi connectivity index (χ1) is 20.7. The molecule has 0 bridgehead atoms. The van der Waals surface area contributed by atoms with Crippen LogP contribution >= 0.6 is 11.8 Å². The maximum atomic E-state index is 13.3. The van der Waals surface area contributed by atoms with Crippen molar-refractivity contribution in [3.05, 3.63) is 126 Å². The Kier molecular flexibility index (Phi) is 7.74. The second-order valence-electron chi connectivity index (χ2n) is 10.9. The maximum Gasteiger partial charge on any atom is 0.508 e. The van der Waals surface area contributed by atoms with Crippen LogP contribution in [0.4, 0.5) is 4.79 Å². The van der Waals surface area contributed by atoms with Crippen molar-refractivity contribution >= 4 is 17.9 Å². The number of fused-ring (bicyclic) bond motifs is 4. The third kappa shape index (κ3) is 5.34.